The highest BCUT2D eigenvalue weighted by Gasteiger charge is 2.06. The molecule has 1 aromatic carbocycles. The Hall–Kier alpha value is -1.18. The molecule has 2 heteroatoms. The average molecular weight is 176 g/mol. The number of aryl methyl sites for hydroxylation is 1. The minimum atomic E-state index is 1.11. The fourth-order valence-electron chi connectivity index (χ4n) is 1.78. The molecule has 2 rings (SSSR count). The van der Waals surface area contributed by atoms with Crippen LogP contribution < -0.4 is 10.6 Å². The molecule has 0 atom stereocenters. The molecule has 0 aromatic heterocycles. The van der Waals surface area contributed by atoms with E-state index < -0.39 is 0 Å². The van der Waals surface area contributed by atoms with Crippen LogP contribution in [0.15, 0.2) is 18.2 Å². The lowest BCUT2D eigenvalue weighted by Gasteiger charge is -2.09. The van der Waals surface area contributed by atoms with Crippen molar-refractivity contribution in [2.75, 3.05) is 24.2 Å². The maximum Gasteiger partial charge on any atom is 0.0393 e. The summed E-state index contributed by atoms with van der Waals surface area (Å²) in [6.07, 6.45) is 3.80. The topological polar surface area (TPSA) is 24.1 Å². The zero-order valence-electron chi connectivity index (χ0n) is 8.06. The standard InChI is InChI=1S/C11H16N2/c1-12-10-6-5-9-4-2-3-7-13-11(9)8-10/h5-6,8,12-13H,2-4,7H2,1H3. The van der Waals surface area contributed by atoms with Crippen molar-refractivity contribution in [3.63, 3.8) is 0 Å². The van der Waals surface area contributed by atoms with Crippen LogP contribution in [-0.4, -0.2) is 13.6 Å². The average Bonchev–Trinajstić information content (AvgIpc) is 2.41. The first-order chi connectivity index (χ1) is 6.40. The summed E-state index contributed by atoms with van der Waals surface area (Å²) < 4.78 is 0. The van der Waals surface area contributed by atoms with E-state index in [0.717, 1.165) is 6.54 Å². The summed E-state index contributed by atoms with van der Waals surface area (Å²) in [4.78, 5) is 0. The Morgan fingerprint density at radius 1 is 1.31 bits per heavy atom. The Morgan fingerprint density at radius 2 is 2.23 bits per heavy atom. The number of anilines is 2. The molecule has 1 aliphatic rings. The van der Waals surface area contributed by atoms with Gasteiger partial charge >= 0.3 is 0 Å². The molecular weight excluding hydrogens is 160 g/mol. The summed E-state index contributed by atoms with van der Waals surface area (Å²) in [5.74, 6) is 0. The maximum absolute atomic E-state index is 3.46. The van der Waals surface area contributed by atoms with E-state index in [9.17, 15) is 0 Å². The smallest absolute Gasteiger partial charge is 0.0393 e. The Balaban J connectivity index is 2.32. The molecule has 2 nitrogen and oxygen atoms in total. The van der Waals surface area contributed by atoms with E-state index in [1.165, 1.54) is 36.2 Å². The van der Waals surface area contributed by atoms with Crippen LogP contribution in [-0.2, 0) is 6.42 Å². The van der Waals surface area contributed by atoms with Gasteiger partial charge in [-0.3, -0.25) is 0 Å². The summed E-state index contributed by atoms with van der Waals surface area (Å²) in [7, 11) is 1.96. The molecule has 0 aliphatic carbocycles. The summed E-state index contributed by atoms with van der Waals surface area (Å²) in [5.41, 5.74) is 3.95. The van der Waals surface area contributed by atoms with Gasteiger partial charge in [0.15, 0.2) is 0 Å². The van der Waals surface area contributed by atoms with Gasteiger partial charge in [0.2, 0.25) is 0 Å². The van der Waals surface area contributed by atoms with Gasteiger partial charge in [-0.15, -0.1) is 0 Å². The number of fused-ring (bicyclic) bond motifs is 1. The van der Waals surface area contributed by atoms with Crippen molar-refractivity contribution in [2.45, 2.75) is 19.3 Å². The molecule has 0 radical (unpaired) electrons. The van der Waals surface area contributed by atoms with Gasteiger partial charge in [0.25, 0.3) is 0 Å². The molecule has 0 saturated carbocycles. The van der Waals surface area contributed by atoms with Crippen molar-refractivity contribution >= 4 is 11.4 Å². The van der Waals surface area contributed by atoms with Gasteiger partial charge in [-0.05, 0) is 37.0 Å². The molecule has 1 aliphatic heterocycles. The second-order valence-electron chi connectivity index (χ2n) is 3.51. The predicted octanol–water partition coefficient (Wildman–Crippen LogP) is 2.48. The van der Waals surface area contributed by atoms with Crippen molar-refractivity contribution in [2.24, 2.45) is 0 Å². The minimum absolute atomic E-state index is 1.11. The molecule has 1 aromatic rings. The first-order valence-corrected chi connectivity index (χ1v) is 4.95. The van der Waals surface area contributed by atoms with Crippen molar-refractivity contribution in [1.82, 2.24) is 0 Å². The third-order valence-corrected chi connectivity index (χ3v) is 2.59. The molecule has 0 unspecified atom stereocenters. The van der Waals surface area contributed by atoms with Gasteiger partial charge in [-0.25, -0.2) is 0 Å². The first kappa shape index (κ1) is 8.42. The van der Waals surface area contributed by atoms with Gasteiger partial charge in [-0.2, -0.15) is 0 Å². The first-order valence-electron chi connectivity index (χ1n) is 4.95. The van der Waals surface area contributed by atoms with Crippen LogP contribution in [0.2, 0.25) is 0 Å². The fourth-order valence-corrected chi connectivity index (χ4v) is 1.78. The normalized spacial score (nSPS) is 15.5. The molecule has 13 heavy (non-hydrogen) atoms. The summed E-state index contributed by atoms with van der Waals surface area (Å²) in [6, 6.07) is 6.56. The number of nitrogens with one attached hydrogen (secondary N) is 2. The Morgan fingerprint density at radius 3 is 3.08 bits per heavy atom. The third kappa shape index (κ3) is 1.77. The van der Waals surface area contributed by atoms with Gasteiger partial charge < -0.3 is 10.6 Å². The molecule has 0 spiro atoms. The second kappa shape index (κ2) is 3.69. The van der Waals surface area contributed by atoms with Gasteiger partial charge in [0, 0.05) is 25.0 Å². The largest absolute Gasteiger partial charge is 0.388 e. The molecule has 0 saturated heterocycles. The predicted molar refractivity (Wildman–Crippen MR) is 57.4 cm³/mol. The van der Waals surface area contributed by atoms with Crippen LogP contribution >= 0.6 is 0 Å². The van der Waals surface area contributed by atoms with E-state index in [0.29, 0.717) is 0 Å². The quantitative estimate of drug-likeness (QED) is 0.687. The van der Waals surface area contributed by atoms with E-state index in [4.69, 9.17) is 0 Å². The lowest BCUT2D eigenvalue weighted by molar-refractivity contribution is 0.785. The highest BCUT2D eigenvalue weighted by atomic mass is 14.9. The number of benzene rings is 1. The van der Waals surface area contributed by atoms with Crippen LogP contribution in [0.3, 0.4) is 0 Å². The van der Waals surface area contributed by atoms with E-state index in [1.807, 2.05) is 7.05 Å². The zero-order valence-corrected chi connectivity index (χ0v) is 8.06. The summed E-state index contributed by atoms with van der Waals surface area (Å²) in [6.45, 7) is 1.11. The van der Waals surface area contributed by atoms with E-state index >= 15 is 0 Å². The lowest BCUT2D eigenvalue weighted by atomic mass is 10.1. The minimum Gasteiger partial charge on any atom is -0.388 e. The number of hydrogen-bond donors (Lipinski definition) is 2. The highest BCUT2D eigenvalue weighted by molar-refractivity contribution is 5.61. The van der Waals surface area contributed by atoms with Crippen LogP contribution in [0.1, 0.15) is 18.4 Å². The van der Waals surface area contributed by atoms with E-state index in [2.05, 4.69) is 28.8 Å². The molecular formula is C11H16N2. The van der Waals surface area contributed by atoms with E-state index in [1.54, 1.807) is 0 Å². The molecule has 0 bridgehead atoms. The van der Waals surface area contributed by atoms with Gasteiger partial charge in [0.1, 0.15) is 0 Å². The lowest BCUT2D eigenvalue weighted by Crippen LogP contribution is -2.00. The molecule has 2 N–H and O–H groups in total. The molecule has 0 amide bonds. The molecule has 70 valence electrons. The highest BCUT2D eigenvalue weighted by Crippen LogP contribution is 2.24. The van der Waals surface area contributed by atoms with Gasteiger partial charge in [-0.1, -0.05) is 6.07 Å². The monoisotopic (exact) mass is 176 g/mol. The van der Waals surface area contributed by atoms with Crippen LogP contribution in [0, 0.1) is 0 Å². The maximum atomic E-state index is 3.46. The van der Waals surface area contributed by atoms with Crippen LogP contribution in [0.5, 0.6) is 0 Å². The van der Waals surface area contributed by atoms with Crippen molar-refractivity contribution in [3.8, 4) is 0 Å². The van der Waals surface area contributed by atoms with Crippen LogP contribution in [0.4, 0.5) is 11.4 Å². The summed E-state index contributed by atoms with van der Waals surface area (Å²) in [5, 5.41) is 6.62. The Bertz CT molecular complexity index is 294. The number of hydrogen-bond acceptors (Lipinski definition) is 2. The molecule has 0 fully saturated rings. The van der Waals surface area contributed by atoms with Crippen molar-refractivity contribution in [3.05, 3.63) is 23.8 Å². The Labute approximate surface area is 79.4 Å². The Kier molecular flexibility index (Phi) is 2.39. The van der Waals surface area contributed by atoms with Crippen molar-refractivity contribution < 1.29 is 0 Å². The van der Waals surface area contributed by atoms with Crippen LogP contribution in [0.25, 0.3) is 0 Å². The zero-order chi connectivity index (χ0) is 9.10. The third-order valence-electron chi connectivity index (χ3n) is 2.59. The summed E-state index contributed by atoms with van der Waals surface area (Å²) >= 11 is 0. The second-order valence-corrected chi connectivity index (χ2v) is 3.51. The van der Waals surface area contributed by atoms with E-state index in [-0.39, 0.29) is 0 Å². The van der Waals surface area contributed by atoms with Crippen molar-refractivity contribution in [1.29, 1.82) is 0 Å². The molecule has 1 heterocycles. The SMILES string of the molecule is CNc1ccc2c(c1)NCCCC2. The fraction of sp³-hybridized carbons (Fsp3) is 0.455. The van der Waals surface area contributed by atoms with Gasteiger partial charge in [0.05, 0.1) is 0 Å². The number of rotatable bonds is 1.